The van der Waals surface area contributed by atoms with E-state index < -0.39 is 0 Å². The van der Waals surface area contributed by atoms with Crippen LogP contribution >= 0.6 is 11.3 Å². The Kier molecular flexibility index (Phi) is 3.27. The Labute approximate surface area is 133 Å². The largest absolute Gasteiger partial charge is 0.486 e. The number of rotatable bonds is 4. The molecule has 0 saturated carbocycles. The van der Waals surface area contributed by atoms with E-state index in [1.165, 1.54) is 23.5 Å². The highest BCUT2D eigenvalue weighted by atomic mass is 32.1. The number of benzene rings is 1. The van der Waals surface area contributed by atoms with Crippen LogP contribution in [0.5, 0.6) is 5.75 Å². The fourth-order valence-electron chi connectivity index (χ4n) is 2.08. The molecule has 1 N–H and O–H groups in total. The summed E-state index contributed by atoms with van der Waals surface area (Å²) < 4.78 is 20.1. The summed E-state index contributed by atoms with van der Waals surface area (Å²) in [6, 6.07) is 7.74. The normalized spacial score (nSPS) is 11.2. The molecule has 116 valence electrons. The van der Waals surface area contributed by atoms with E-state index in [0.29, 0.717) is 22.2 Å². The fourth-order valence-corrected chi connectivity index (χ4v) is 2.83. The third-order valence-corrected chi connectivity index (χ3v) is 4.02. The maximum atomic E-state index is 12.9. The SMILES string of the molecule is Cc1cc(-c2nnc3sc(COc4ccc(F)cc4)nn23)n[nH]1. The summed E-state index contributed by atoms with van der Waals surface area (Å²) in [6.45, 7) is 2.19. The minimum Gasteiger partial charge on any atom is -0.486 e. The van der Waals surface area contributed by atoms with E-state index in [9.17, 15) is 4.39 Å². The van der Waals surface area contributed by atoms with Crippen LogP contribution in [0.3, 0.4) is 0 Å². The van der Waals surface area contributed by atoms with Gasteiger partial charge in [0.2, 0.25) is 10.8 Å². The van der Waals surface area contributed by atoms with Gasteiger partial charge in [0, 0.05) is 5.69 Å². The highest BCUT2D eigenvalue weighted by Gasteiger charge is 2.15. The molecule has 0 aliphatic carbocycles. The molecule has 0 amide bonds. The van der Waals surface area contributed by atoms with Crippen molar-refractivity contribution in [2.45, 2.75) is 13.5 Å². The summed E-state index contributed by atoms with van der Waals surface area (Å²) in [5.74, 6) is 0.865. The van der Waals surface area contributed by atoms with Crippen LogP contribution in [0.25, 0.3) is 16.5 Å². The van der Waals surface area contributed by atoms with Crippen molar-refractivity contribution in [1.29, 1.82) is 0 Å². The van der Waals surface area contributed by atoms with Gasteiger partial charge in [0.1, 0.15) is 23.9 Å². The monoisotopic (exact) mass is 330 g/mol. The maximum Gasteiger partial charge on any atom is 0.235 e. The number of hydrogen-bond acceptors (Lipinski definition) is 6. The van der Waals surface area contributed by atoms with Gasteiger partial charge in [-0.1, -0.05) is 11.3 Å². The minimum atomic E-state index is -0.296. The molecule has 1 aromatic carbocycles. The molecule has 23 heavy (non-hydrogen) atoms. The second-order valence-electron chi connectivity index (χ2n) is 4.89. The molecule has 4 rings (SSSR count). The van der Waals surface area contributed by atoms with Crippen molar-refractivity contribution in [2.24, 2.45) is 0 Å². The van der Waals surface area contributed by atoms with Gasteiger partial charge in [0.05, 0.1) is 0 Å². The average Bonchev–Trinajstić information content (AvgIpc) is 3.22. The van der Waals surface area contributed by atoms with Gasteiger partial charge in [0.25, 0.3) is 0 Å². The van der Waals surface area contributed by atoms with Gasteiger partial charge in [-0.25, -0.2) is 4.39 Å². The standard InChI is InChI=1S/C14H11FN6OS/c1-8-6-11(17-16-8)13-18-19-14-21(13)20-12(23-14)7-22-10-4-2-9(15)3-5-10/h2-6H,7H2,1H3,(H,16,17). The summed E-state index contributed by atoms with van der Waals surface area (Å²) in [7, 11) is 0. The van der Waals surface area contributed by atoms with Gasteiger partial charge in [-0.15, -0.1) is 10.2 Å². The number of aromatic amines is 1. The van der Waals surface area contributed by atoms with Crippen LogP contribution in [-0.2, 0) is 6.61 Å². The highest BCUT2D eigenvalue weighted by molar-refractivity contribution is 7.16. The lowest BCUT2D eigenvalue weighted by Gasteiger charge is -2.02. The van der Waals surface area contributed by atoms with Crippen molar-refractivity contribution in [1.82, 2.24) is 30.0 Å². The molecule has 0 unspecified atom stereocenters. The zero-order valence-electron chi connectivity index (χ0n) is 12.0. The Morgan fingerprint density at radius 1 is 1.26 bits per heavy atom. The number of nitrogens with one attached hydrogen (secondary N) is 1. The fraction of sp³-hybridized carbons (Fsp3) is 0.143. The summed E-state index contributed by atoms with van der Waals surface area (Å²) in [5.41, 5.74) is 1.62. The van der Waals surface area contributed by atoms with E-state index in [2.05, 4.69) is 25.5 Å². The predicted molar refractivity (Wildman–Crippen MR) is 81.7 cm³/mol. The first-order chi connectivity index (χ1) is 11.2. The van der Waals surface area contributed by atoms with Gasteiger partial charge in [-0.2, -0.15) is 14.7 Å². The van der Waals surface area contributed by atoms with Crippen molar-refractivity contribution >= 4 is 16.3 Å². The summed E-state index contributed by atoms with van der Waals surface area (Å²) in [4.78, 5) is 0.665. The molecular formula is C14H11FN6OS. The summed E-state index contributed by atoms with van der Waals surface area (Å²) >= 11 is 1.38. The van der Waals surface area contributed by atoms with Crippen molar-refractivity contribution in [3.8, 4) is 17.3 Å². The van der Waals surface area contributed by atoms with E-state index in [1.54, 1.807) is 16.6 Å². The Hall–Kier alpha value is -2.81. The molecule has 9 heteroatoms. The third-order valence-electron chi connectivity index (χ3n) is 3.14. The number of halogens is 1. The summed E-state index contributed by atoms with van der Waals surface area (Å²) in [6.07, 6.45) is 0. The van der Waals surface area contributed by atoms with Crippen molar-refractivity contribution in [3.63, 3.8) is 0 Å². The number of aryl methyl sites for hydroxylation is 1. The molecule has 0 aliphatic rings. The van der Waals surface area contributed by atoms with Gasteiger partial charge in [-0.3, -0.25) is 5.10 Å². The quantitative estimate of drug-likeness (QED) is 0.622. The van der Waals surface area contributed by atoms with Crippen molar-refractivity contribution in [3.05, 3.63) is 46.9 Å². The van der Waals surface area contributed by atoms with E-state index in [-0.39, 0.29) is 12.4 Å². The molecule has 0 spiro atoms. The van der Waals surface area contributed by atoms with Crippen molar-refractivity contribution < 1.29 is 9.13 Å². The van der Waals surface area contributed by atoms with Crippen LogP contribution in [-0.4, -0.2) is 30.0 Å². The number of H-pyrrole nitrogens is 1. The third kappa shape index (κ3) is 2.66. The predicted octanol–water partition coefficient (Wildman–Crippen LogP) is 2.60. The first-order valence-electron chi connectivity index (χ1n) is 6.81. The lowest BCUT2D eigenvalue weighted by Crippen LogP contribution is -1.97. The van der Waals surface area contributed by atoms with Gasteiger partial charge in [0.15, 0.2) is 5.01 Å². The molecule has 3 aromatic heterocycles. The van der Waals surface area contributed by atoms with E-state index in [0.717, 1.165) is 10.7 Å². The number of nitrogens with zero attached hydrogens (tertiary/aromatic N) is 5. The summed E-state index contributed by atoms with van der Waals surface area (Å²) in [5, 5.41) is 20.4. The molecule has 3 heterocycles. The molecule has 0 fully saturated rings. The van der Waals surface area contributed by atoms with Crippen molar-refractivity contribution in [2.75, 3.05) is 0 Å². The second kappa shape index (κ2) is 5.43. The van der Waals surface area contributed by atoms with Crippen LogP contribution in [0.4, 0.5) is 4.39 Å². The molecular weight excluding hydrogens is 319 g/mol. The van der Waals surface area contributed by atoms with E-state index in [1.807, 2.05) is 13.0 Å². The number of aromatic nitrogens is 6. The number of hydrogen-bond donors (Lipinski definition) is 1. The number of fused-ring (bicyclic) bond motifs is 1. The smallest absolute Gasteiger partial charge is 0.235 e. The van der Waals surface area contributed by atoms with Gasteiger partial charge in [-0.05, 0) is 37.3 Å². The minimum absolute atomic E-state index is 0.276. The molecule has 0 atom stereocenters. The average molecular weight is 330 g/mol. The molecule has 0 bridgehead atoms. The van der Waals surface area contributed by atoms with E-state index in [4.69, 9.17) is 4.74 Å². The first kappa shape index (κ1) is 13.8. The highest BCUT2D eigenvalue weighted by Crippen LogP contribution is 2.21. The molecule has 4 aromatic rings. The number of ether oxygens (including phenoxy) is 1. The molecule has 0 saturated heterocycles. The topological polar surface area (TPSA) is 81.0 Å². The molecule has 0 aliphatic heterocycles. The Bertz CT molecular complexity index is 957. The van der Waals surface area contributed by atoms with Crippen LogP contribution in [0.2, 0.25) is 0 Å². The van der Waals surface area contributed by atoms with Crippen LogP contribution in [0.1, 0.15) is 10.7 Å². The second-order valence-corrected chi connectivity index (χ2v) is 5.93. The van der Waals surface area contributed by atoms with Gasteiger partial charge >= 0.3 is 0 Å². The van der Waals surface area contributed by atoms with E-state index >= 15 is 0 Å². The van der Waals surface area contributed by atoms with Crippen LogP contribution in [0, 0.1) is 12.7 Å². The van der Waals surface area contributed by atoms with Crippen LogP contribution < -0.4 is 4.74 Å². The lowest BCUT2D eigenvalue weighted by molar-refractivity contribution is 0.303. The molecule has 7 nitrogen and oxygen atoms in total. The zero-order valence-corrected chi connectivity index (χ0v) is 12.8. The lowest BCUT2D eigenvalue weighted by atomic mass is 10.3. The Balaban J connectivity index is 1.57. The zero-order chi connectivity index (χ0) is 15.8. The Morgan fingerprint density at radius 2 is 2.09 bits per heavy atom. The van der Waals surface area contributed by atoms with Gasteiger partial charge < -0.3 is 4.74 Å². The maximum absolute atomic E-state index is 12.9. The van der Waals surface area contributed by atoms with Crippen LogP contribution in [0.15, 0.2) is 30.3 Å². The Morgan fingerprint density at radius 3 is 2.83 bits per heavy atom. The molecule has 0 radical (unpaired) electrons. The first-order valence-corrected chi connectivity index (χ1v) is 7.62.